The van der Waals surface area contributed by atoms with Gasteiger partial charge in [-0.2, -0.15) is 4.37 Å². The van der Waals surface area contributed by atoms with Gasteiger partial charge in [-0.1, -0.05) is 12.1 Å². The highest BCUT2D eigenvalue weighted by Gasteiger charge is 2.10. The molecule has 1 heterocycles. The Balaban J connectivity index is 1.48. The Morgan fingerprint density at radius 3 is 2.33 bits per heavy atom. The highest BCUT2D eigenvalue weighted by atomic mass is 32.1. The fourth-order valence-electron chi connectivity index (χ4n) is 2.59. The minimum Gasteiger partial charge on any atom is -0.367 e. The van der Waals surface area contributed by atoms with Crippen LogP contribution in [-0.2, 0) is 0 Å². The van der Waals surface area contributed by atoms with E-state index >= 15 is 0 Å². The van der Waals surface area contributed by atoms with Crippen LogP contribution < -0.4 is 16.0 Å². The molecule has 0 fully saturated rings. The Bertz CT molecular complexity index is 935. The fraction of sp³-hybridized carbons (Fsp3) is 0.250. The number of nitrogens with zero attached hydrogens (tertiary/aromatic N) is 1. The van der Waals surface area contributed by atoms with Crippen molar-refractivity contribution in [3.8, 4) is 0 Å². The summed E-state index contributed by atoms with van der Waals surface area (Å²) in [6.45, 7) is 4.86. The number of rotatable bonds is 7. The summed E-state index contributed by atoms with van der Waals surface area (Å²) in [7, 11) is 0. The minimum absolute atomic E-state index is 0.0720. The van der Waals surface area contributed by atoms with Gasteiger partial charge in [0, 0.05) is 35.6 Å². The number of hydrogen-bond acceptors (Lipinski definition) is 5. The molecule has 0 unspecified atom stereocenters. The Kier molecular flexibility index (Phi) is 6.03. The Labute approximate surface area is 162 Å². The van der Waals surface area contributed by atoms with Crippen molar-refractivity contribution in [2.45, 2.75) is 19.9 Å². The summed E-state index contributed by atoms with van der Waals surface area (Å²) in [4.78, 5) is 24.2. The van der Waals surface area contributed by atoms with Gasteiger partial charge < -0.3 is 16.0 Å². The van der Waals surface area contributed by atoms with Gasteiger partial charge in [-0.15, -0.1) is 0 Å². The molecule has 0 aliphatic heterocycles. The van der Waals surface area contributed by atoms with E-state index in [0.29, 0.717) is 24.2 Å². The molecule has 3 aromatic rings. The van der Waals surface area contributed by atoms with Crippen LogP contribution >= 0.6 is 11.5 Å². The van der Waals surface area contributed by atoms with Crippen molar-refractivity contribution in [1.82, 2.24) is 15.0 Å². The maximum atomic E-state index is 12.2. The van der Waals surface area contributed by atoms with Gasteiger partial charge in [0.15, 0.2) is 0 Å². The van der Waals surface area contributed by atoms with Crippen molar-refractivity contribution in [3.63, 3.8) is 0 Å². The molecule has 0 aliphatic carbocycles. The average molecular weight is 382 g/mol. The van der Waals surface area contributed by atoms with Crippen LogP contribution in [0.1, 0.15) is 34.6 Å². The molecule has 0 saturated heterocycles. The molecule has 7 heteroatoms. The fourth-order valence-corrected chi connectivity index (χ4v) is 3.35. The van der Waals surface area contributed by atoms with E-state index in [0.717, 1.165) is 15.9 Å². The average Bonchev–Trinajstić information content (AvgIpc) is 3.08. The zero-order valence-corrected chi connectivity index (χ0v) is 16.1. The molecule has 0 spiro atoms. The summed E-state index contributed by atoms with van der Waals surface area (Å²) in [6, 6.07) is 14.7. The first-order valence-corrected chi connectivity index (χ1v) is 9.59. The molecule has 3 rings (SSSR count). The Morgan fingerprint density at radius 2 is 1.63 bits per heavy atom. The van der Waals surface area contributed by atoms with Crippen LogP contribution in [0, 0.1) is 0 Å². The summed E-state index contributed by atoms with van der Waals surface area (Å²) in [6.07, 6.45) is 0. The van der Waals surface area contributed by atoms with Crippen LogP contribution in [0.2, 0.25) is 0 Å². The van der Waals surface area contributed by atoms with Crippen LogP contribution in [0.4, 0.5) is 5.82 Å². The first-order chi connectivity index (χ1) is 13.0. The lowest BCUT2D eigenvalue weighted by atomic mass is 10.1. The molecule has 27 heavy (non-hydrogen) atoms. The Morgan fingerprint density at radius 1 is 0.963 bits per heavy atom. The molecule has 1 aromatic heterocycles. The number of carbonyl (C=O) groups is 2. The summed E-state index contributed by atoms with van der Waals surface area (Å²) >= 11 is 1.45. The van der Waals surface area contributed by atoms with Gasteiger partial charge in [-0.25, -0.2) is 0 Å². The molecule has 0 radical (unpaired) electrons. The van der Waals surface area contributed by atoms with E-state index in [4.69, 9.17) is 0 Å². The van der Waals surface area contributed by atoms with Crippen molar-refractivity contribution in [3.05, 3.63) is 59.7 Å². The van der Waals surface area contributed by atoms with Gasteiger partial charge in [-0.3, -0.25) is 9.59 Å². The highest BCUT2D eigenvalue weighted by molar-refractivity contribution is 7.13. The minimum atomic E-state index is -0.171. The second kappa shape index (κ2) is 8.64. The molecule has 140 valence electrons. The van der Waals surface area contributed by atoms with Gasteiger partial charge >= 0.3 is 0 Å². The smallest absolute Gasteiger partial charge is 0.251 e. The van der Waals surface area contributed by atoms with Crippen LogP contribution in [0.3, 0.4) is 0 Å². The van der Waals surface area contributed by atoms with E-state index < -0.39 is 0 Å². The molecule has 6 nitrogen and oxygen atoms in total. The largest absolute Gasteiger partial charge is 0.367 e. The first kappa shape index (κ1) is 18.8. The summed E-state index contributed by atoms with van der Waals surface area (Å²) < 4.78 is 5.53. The molecule has 2 aromatic carbocycles. The summed E-state index contributed by atoms with van der Waals surface area (Å²) in [5, 5.41) is 10.0. The number of aromatic nitrogens is 1. The van der Waals surface area contributed by atoms with Gasteiger partial charge in [0.25, 0.3) is 11.8 Å². The SMILES string of the molecule is CC(C)NC(=O)c1ccc(C(=O)NCCNc2nsc3ccccc23)cc1. The number of amides is 2. The number of hydrogen-bond donors (Lipinski definition) is 3. The molecular formula is C20H22N4O2S. The van der Waals surface area contributed by atoms with E-state index in [1.807, 2.05) is 38.1 Å². The molecule has 0 saturated carbocycles. The van der Waals surface area contributed by atoms with Gasteiger partial charge in [0.1, 0.15) is 5.82 Å². The summed E-state index contributed by atoms with van der Waals surface area (Å²) in [5.74, 6) is 0.526. The van der Waals surface area contributed by atoms with E-state index in [-0.39, 0.29) is 17.9 Å². The van der Waals surface area contributed by atoms with Crippen LogP contribution in [-0.4, -0.2) is 35.3 Å². The van der Waals surface area contributed by atoms with E-state index in [1.165, 1.54) is 11.5 Å². The Hall–Kier alpha value is -2.93. The van der Waals surface area contributed by atoms with Crippen molar-refractivity contribution in [2.75, 3.05) is 18.4 Å². The molecule has 2 amide bonds. The maximum absolute atomic E-state index is 12.2. The van der Waals surface area contributed by atoms with Gasteiger partial charge in [-0.05, 0) is 61.8 Å². The number of fused-ring (bicyclic) bond motifs is 1. The number of benzene rings is 2. The number of nitrogens with one attached hydrogen (secondary N) is 3. The van der Waals surface area contributed by atoms with Crippen molar-refractivity contribution in [1.29, 1.82) is 0 Å². The lowest BCUT2D eigenvalue weighted by molar-refractivity contribution is 0.0935. The first-order valence-electron chi connectivity index (χ1n) is 8.82. The molecule has 0 bridgehead atoms. The highest BCUT2D eigenvalue weighted by Crippen LogP contribution is 2.25. The zero-order chi connectivity index (χ0) is 19.2. The van der Waals surface area contributed by atoms with Crippen molar-refractivity contribution in [2.24, 2.45) is 0 Å². The van der Waals surface area contributed by atoms with Crippen LogP contribution in [0.25, 0.3) is 10.1 Å². The van der Waals surface area contributed by atoms with E-state index in [2.05, 4.69) is 20.3 Å². The predicted molar refractivity (Wildman–Crippen MR) is 109 cm³/mol. The number of carbonyl (C=O) groups excluding carboxylic acids is 2. The van der Waals surface area contributed by atoms with Gasteiger partial charge in [0.2, 0.25) is 0 Å². The van der Waals surface area contributed by atoms with Crippen molar-refractivity contribution >= 4 is 39.3 Å². The molecule has 3 N–H and O–H groups in total. The molecular weight excluding hydrogens is 360 g/mol. The topological polar surface area (TPSA) is 83.1 Å². The van der Waals surface area contributed by atoms with Crippen LogP contribution in [0.5, 0.6) is 0 Å². The van der Waals surface area contributed by atoms with E-state index in [1.54, 1.807) is 24.3 Å². The van der Waals surface area contributed by atoms with E-state index in [9.17, 15) is 9.59 Å². The van der Waals surface area contributed by atoms with Crippen molar-refractivity contribution < 1.29 is 9.59 Å². The summed E-state index contributed by atoms with van der Waals surface area (Å²) in [5.41, 5.74) is 1.06. The lowest BCUT2D eigenvalue weighted by Crippen LogP contribution is -2.30. The van der Waals surface area contributed by atoms with Gasteiger partial charge in [0.05, 0.1) is 4.70 Å². The normalized spacial score (nSPS) is 10.8. The third-order valence-corrected chi connectivity index (χ3v) is 4.74. The maximum Gasteiger partial charge on any atom is 0.251 e. The lowest BCUT2D eigenvalue weighted by Gasteiger charge is -2.09. The monoisotopic (exact) mass is 382 g/mol. The third kappa shape index (κ3) is 4.83. The second-order valence-electron chi connectivity index (χ2n) is 6.42. The quantitative estimate of drug-likeness (QED) is 0.548. The standard InChI is InChI=1S/C20H22N4O2S/c1-13(2)23-20(26)15-9-7-14(8-10-15)19(25)22-12-11-21-18-16-5-3-4-6-17(16)27-24-18/h3-10,13H,11-12H2,1-2H3,(H,21,24)(H,22,25)(H,23,26). The molecule has 0 aliphatic rings. The number of anilines is 1. The van der Waals surface area contributed by atoms with Crippen LogP contribution in [0.15, 0.2) is 48.5 Å². The third-order valence-electron chi connectivity index (χ3n) is 3.91. The second-order valence-corrected chi connectivity index (χ2v) is 7.22. The zero-order valence-electron chi connectivity index (χ0n) is 15.3. The predicted octanol–water partition coefficient (Wildman–Crippen LogP) is 3.28. The molecule has 0 atom stereocenters.